The standard InChI is InChI=1S/C9H21BrN2/c1-11(2)8-9-12(3)7-5-4-6-10/h4-9H2,1-3H3. The fourth-order valence-corrected chi connectivity index (χ4v) is 1.36. The van der Waals surface area contributed by atoms with Gasteiger partial charge in [-0.25, -0.2) is 0 Å². The first-order chi connectivity index (χ1) is 5.66. The molecule has 0 saturated heterocycles. The van der Waals surface area contributed by atoms with Gasteiger partial charge in [0.25, 0.3) is 0 Å². The van der Waals surface area contributed by atoms with Gasteiger partial charge in [-0.1, -0.05) is 15.9 Å². The lowest BCUT2D eigenvalue weighted by molar-refractivity contribution is 0.279. The maximum atomic E-state index is 3.43. The summed E-state index contributed by atoms with van der Waals surface area (Å²) in [6, 6.07) is 0. The third kappa shape index (κ3) is 8.50. The van der Waals surface area contributed by atoms with Crippen LogP contribution < -0.4 is 0 Å². The molecule has 0 amide bonds. The molecular formula is C9H21BrN2. The molecule has 0 heterocycles. The first-order valence-corrected chi connectivity index (χ1v) is 5.68. The largest absolute Gasteiger partial charge is 0.308 e. The zero-order valence-corrected chi connectivity index (χ0v) is 10.1. The number of hydrogen-bond donors (Lipinski definition) is 0. The van der Waals surface area contributed by atoms with E-state index in [2.05, 4.69) is 46.9 Å². The van der Waals surface area contributed by atoms with Crippen molar-refractivity contribution < 1.29 is 0 Å². The molecule has 0 saturated carbocycles. The van der Waals surface area contributed by atoms with E-state index in [4.69, 9.17) is 0 Å². The molecule has 0 aromatic carbocycles. The Hall–Kier alpha value is 0.400. The van der Waals surface area contributed by atoms with Crippen molar-refractivity contribution >= 4 is 15.9 Å². The monoisotopic (exact) mass is 236 g/mol. The summed E-state index contributed by atoms with van der Waals surface area (Å²) in [7, 11) is 6.43. The molecule has 0 aromatic rings. The highest BCUT2D eigenvalue weighted by Crippen LogP contribution is 1.95. The molecule has 2 nitrogen and oxygen atoms in total. The summed E-state index contributed by atoms with van der Waals surface area (Å²) < 4.78 is 0. The molecule has 0 N–H and O–H groups in total. The van der Waals surface area contributed by atoms with Crippen molar-refractivity contribution in [2.75, 3.05) is 46.1 Å². The molecule has 12 heavy (non-hydrogen) atoms. The number of alkyl halides is 1. The summed E-state index contributed by atoms with van der Waals surface area (Å²) in [6.07, 6.45) is 2.58. The summed E-state index contributed by atoms with van der Waals surface area (Å²) in [5.74, 6) is 0. The molecule has 0 aliphatic rings. The third-order valence-electron chi connectivity index (χ3n) is 1.85. The van der Waals surface area contributed by atoms with Crippen LogP contribution in [0.2, 0.25) is 0 Å². The Morgan fingerprint density at radius 2 is 1.58 bits per heavy atom. The lowest BCUT2D eigenvalue weighted by Gasteiger charge is -2.18. The van der Waals surface area contributed by atoms with Gasteiger partial charge in [0, 0.05) is 18.4 Å². The van der Waals surface area contributed by atoms with Crippen molar-refractivity contribution in [1.29, 1.82) is 0 Å². The lowest BCUT2D eigenvalue weighted by atomic mass is 10.3. The van der Waals surface area contributed by atoms with E-state index in [9.17, 15) is 0 Å². The van der Waals surface area contributed by atoms with E-state index in [0.29, 0.717) is 0 Å². The Labute approximate surface area is 85.0 Å². The summed E-state index contributed by atoms with van der Waals surface area (Å²) >= 11 is 3.43. The van der Waals surface area contributed by atoms with Gasteiger partial charge in [-0.05, 0) is 40.5 Å². The van der Waals surface area contributed by atoms with Crippen molar-refractivity contribution in [2.45, 2.75) is 12.8 Å². The Morgan fingerprint density at radius 1 is 0.917 bits per heavy atom. The molecular weight excluding hydrogens is 216 g/mol. The van der Waals surface area contributed by atoms with Gasteiger partial charge in [-0.3, -0.25) is 0 Å². The van der Waals surface area contributed by atoms with Crippen molar-refractivity contribution in [2.24, 2.45) is 0 Å². The molecule has 0 rings (SSSR count). The average Bonchev–Trinajstić information content (AvgIpc) is 2.01. The number of hydrogen-bond acceptors (Lipinski definition) is 2. The van der Waals surface area contributed by atoms with Crippen molar-refractivity contribution in [3.8, 4) is 0 Å². The van der Waals surface area contributed by atoms with Crippen LogP contribution >= 0.6 is 15.9 Å². The van der Waals surface area contributed by atoms with Crippen LogP contribution in [-0.4, -0.2) is 55.9 Å². The van der Waals surface area contributed by atoms with Gasteiger partial charge in [-0.15, -0.1) is 0 Å². The van der Waals surface area contributed by atoms with Crippen molar-refractivity contribution in [1.82, 2.24) is 9.80 Å². The van der Waals surface area contributed by atoms with Gasteiger partial charge in [0.1, 0.15) is 0 Å². The van der Waals surface area contributed by atoms with Crippen LogP contribution in [0.1, 0.15) is 12.8 Å². The van der Waals surface area contributed by atoms with Gasteiger partial charge < -0.3 is 9.80 Å². The molecule has 0 fully saturated rings. The Kier molecular flexibility index (Phi) is 8.29. The molecule has 3 heteroatoms. The molecule has 0 atom stereocenters. The van der Waals surface area contributed by atoms with Gasteiger partial charge in [0.15, 0.2) is 0 Å². The first-order valence-electron chi connectivity index (χ1n) is 4.56. The topological polar surface area (TPSA) is 6.48 Å². The molecule has 0 aliphatic heterocycles. The van der Waals surface area contributed by atoms with Crippen LogP contribution in [-0.2, 0) is 0 Å². The normalized spacial score (nSPS) is 11.5. The van der Waals surface area contributed by atoms with E-state index in [1.165, 1.54) is 25.9 Å². The summed E-state index contributed by atoms with van der Waals surface area (Å²) in [5, 5.41) is 1.13. The van der Waals surface area contributed by atoms with Crippen molar-refractivity contribution in [3.63, 3.8) is 0 Å². The maximum absolute atomic E-state index is 3.43. The van der Waals surface area contributed by atoms with Crippen LogP contribution in [0.15, 0.2) is 0 Å². The highest BCUT2D eigenvalue weighted by atomic mass is 79.9. The fraction of sp³-hybridized carbons (Fsp3) is 1.00. The Balaban J connectivity index is 3.15. The number of unbranched alkanes of at least 4 members (excludes halogenated alkanes) is 1. The lowest BCUT2D eigenvalue weighted by Crippen LogP contribution is -2.29. The quantitative estimate of drug-likeness (QED) is 0.490. The number of nitrogens with zero attached hydrogens (tertiary/aromatic N) is 2. The molecule has 0 spiro atoms. The number of likely N-dealkylation sites (N-methyl/N-ethyl adjacent to an activating group) is 2. The highest BCUT2D eigenvalue weighted by Gasteiger charge is 1.97. The molecule has 74 valence electrons. The first kappa shape index (κ1) is 12.4. The second kappa shape index (κ2) is 8.02. The minimum Gasteiger partial charge on any atom is -0.308 e. The summed E-state index contributed by atoms with van der Waals surface area (Å²) in [6.45, 7) is 3.56. The molecule has 0 aliphatic carbocycles. The van der Waals surface area contributed by atoms with Crippen LogP contribution in [0.4, 0.5) is 0 Å². The van der Waals surface area contributed by atoms with E-state index >= 15 is 0 Å². The average molecular weight is 237 g/mol. The molecule has 0 unspecified atom stereocenters. The molecule has 0 aromatic heterocycles. The highest BCUT2D eigenvalue weighted by molar-refractivity contribution is 9.09. The summed E-state index contributed by atoms with van der Waals surface area (Å²) in [4.78, 5) is 4.61. The van der Waals surface area contributed by atoms with Gasteiger partial charge >= 0.3 is 0 Å². The number of halogens is 1. The van der Waals surface area contributed by atoms with E-state index < -0.39 is 0 Å². The molecule has 0 radical (unpaired) electrons. The van der Waals surface area contributed by atoms with Gasteiger partial charge in [0.2, 0.25) is 0 Å². The minimum atomic E-state index is 1.13. The Bertz CT molecular complexity index is 96.5. The van der Waals surface area contributed by atoms with Gasteiger partial charge in [-0.2, -0.15) is 0 Å². The van der Waals surface area contributed by atoms with E-state index in [0.717, 1.165) is 11.9 Å². The van der Waals surface area contributed by atoms with Crippen molar-refractivity contribution in [3.05, 3.63) is 0 Å². The second-order valence-electron chi connectivity index (χ2n) is 3.50. The van der Waals surface area contributed by atoms with E-state index in [1.54, 1.807) is 0 Å². The second-order valence-corrected chi connectivity index (χ2v) is 4.30. The predicted molar refractivity (Wildman–Crippen MR) is 59.1 cm³/mol. The van der Waals surface area contributed by atoms with E-state index in [1.807, 2.05) is 0 Å². The smallest absolute Gasteiger partial charge is 0.0106 e. The SMILES string of the molecule is CN(C)CCN(C)CCCCBr. The predicted octanol–water partition coefficient (Wildman–Crippen LogP) is 1.65. The van der Waals surface area contributed by atoms with E-state index in [-0.39, 0.29) is 0 Å². The Morgan fingerprint density at radius 3 is 2.08 bits per heavy atom. The molecule has 0 bridgehead atoms. The van der Waals surface area contributed by atoms with Crippen LogP contribution in [0.5, 0.6) is 0 Å². The zero-order chi connectivity index (χ0) is 9.40. The third-order valence-corrected chi connectivity index (χ3v) is 2.41. The minimum absolute atomic E-state index is 1.13. The number of rotatable bonds is 7. The fourth-order valence-electron chi connectivity index (χ4n) is 0.959. The van der Waals surface area contributed by atoms with Crippen LogP contribution in [0, 0.1) is 0 Å². The van der Waals surface area contributed by atoms with Crippen LogP contribution in [0.3, 0.4) is 0 Å². The van der Waals surface area contributed by atoms with Crippen LogP contribution in [0.25, 0.3) is 0 Å². The van der Waals surface area contributed by atoms with Gasteiger partial charge in [0.05, 0.1) is 0 Å². The maximum Gasteiger partial charge on any atom is 0.0106 e. The zero-order valence-electron chi connectivity index (χ0n) is 8.52. The summed E-state index contributed by atoms with van der Waals surface area (Å²) in [5.41, 5.74) is 0.